The molecule has 0 radical (unpaired) electrons. The van der Waals surface area contributed by atoms with Crippen molar-refractivity contribution in [2.24, 2.45) is 0 Å². The first-order valence-corrected chi connectivity index (χ1v) is 32.1. The Hall–Kier alpha value is -3.41. The number of rotatable bonds is 58. The van der Waals surface area contributed by atoms with Gasteiger partial charge in [-0.05, 0) is 89.9 Å². The first-order valence-electron chi connectivity index (χ1n) is 32.1. The van der Waals surface area contributed by atoms with Gasteiger partial charge in [0.2, 0.25) is 0 Å². The summed E-state index contributed by atoms with van der Waals surface area (Å²) in [6.45, 7) is 6.49. The molecule has 0 N–H and O–H groups in total. The Morgan fingerprint density at radius 3 is 0.867 bits per heavy atom. The van der Waals surface area contributed by atoms with Crippen molar-refractivity contribution in [2.75, 3.05) is 13.2 Å². The third-order valence-electron chi connectivity index (χ3n) is 13.9. The summed E-state index contributed by atoms with van der Waals surface area (Å²) in [5, 5.41) is 0. The van der Waals surface area contributed by atoms with Crippen LogP contribution in [0.1, 0.15) is 316 Å². The van der Waals surface area contributed by atoms with Gasteiger partial charge < -0.3 is 14.2 Å². The molecule has 75 heavy (non-hydrogen) atoms. The Labute approximate surface area is 465 Å². The van der Waals surface area contributed by atoms with Crippen LogP contribution < -0.4 is 0 Å². The van der Waals surface area contributed by atoms with Crippen LogP contribution in [0.3, 0.4) is 0 Å². The highest BCUT2D eigenvalue weighted by molar-refractivity contribution is 5.71. The van der Waals surface area contributed by atoms with Crippen molar-refractivity contribution in [1.82, 2.24) is 0 Å². The van der Waals surface area contributed by atoms with Crippen molar-refractivity contribution in [3.05, 3.63) is 85.1 Å². The molecule has 6 nitrogen and oxygen atoms in total. The quantitative estimate of drug-likeness (QED) is 0.0261. The molecule has 0 saturated carbocycles. The monoisotopic (exact) mass is 1040 g/mol. The predicted molar refractivity (Wildman–Crippen MR) is 325 cm³/mol. The van der Waals surface area contributed by atoms with Gasteiger partial charge in [0.15, 0.2) is 6.10 Å². The maximum atomic E-state index is 12.9. The average Bonchev–Trinajstić information content (AvgIpc) is 3.41. The van der Waals surface area contributed by atoms with Crippen LogP contribution in [0.15, 0.2) is 85.1 Å². The molecule has 0 amide bonds. The molecule has 0 heterocycles. The summed E-state index contributed by atoms with van der Waals surface area (Å²) in [5.74, 6) is -0.909. The summed E-state index contributed by atoms with van der Waals surface area (Å²) in [4.78, 5) is 38.2. The maximum Gasteiger partial charge on any atom is 0.306 e. The number of carbonyl (C=O) groups excluding carboxylic acids is 3. The van der Waals surface area contributed by atoms with Crippen molar-refractivity contribution < 1.29 is 28.6 Å². The van der Waals surface area contributed by atoms with Crippen molar-refractivity contribution in [3.63, 3.8) is 0 Å². The number of ether oxygens (including phenoxy) is 3. The van der Waals surface area contributed by atoms with Gasteiger partial charge in [-0.1, -0.05) is 292 Å². The molecular formula is C69H120O6. The number of carbonyl (C=O) groups is 3. The molecule has 0 aromatic heterocycles. The Morgan fingerprint density at radius 1 is 0.280 bits per heavy atom. The van der Waals surface area contributed by atoms with Crippen LogP contribution in [0.25, 0.3) is 0 Å². The third kappa shape index (κ3) is 61.3. The highest BCUT2D eigenvalue weighted by Gasteiger charge is 2.19. The molecule has 0 bridgehead atoms. The number of esters is 3. The first kappa shape index (κ1) is 71.6. The summed E-state index contributed by atoms with van der Waals surface area (Å²) in [6, 6.07) is 0. The van der Waals surface area contributed by atoms with Gasteiger partial charge in [-0.15, -0.1) is 0 Å². The molecule has 0 spiro atoms. The number of unbranched alkanes of at least 4 members (excludes halogenated alkanes) is 33. The molecule has 0 aliphatic heterocycles. The smallest absolute Gasteiger partial charge is 0.306 e. The molecule has 6 heteroatoms. The van der Waals surface area contributed by atoms with Gasteiger partial charge in [0.1, 0.15) is 13.2 Å². The summed E-state index contributed by atoms with van der Waals surface area (Å²) >= 11 is 0. The lowest BCUT2D eigenvalue weighted by molar-refractivity contribution is -0.167. The highest BCUT2D eigenvalue weighted by atomic mass is 16.6. The summed E-state index contributed by atoms with van der Waals surface area (Å²) in [7, 11) is 0. The fraction of sp³-hybridized carbons (Fsp3) is 0.754. The van der Waals surface area contributed by atoms with Crippen molar-refractivity contribution >= 4 is 17.9 Å². The van der Waals surface area contributed by atoms with E-state index in [1.807, 2.05) is 0 Å². The Morgan fingerprint density at radius 2 is 0.533 bits per heavy atom. The van der Waals surface area contributed by atoms with E-state index in [4.69, 9.17) is 14.2 Å². The Balaban J connectivity index is 4.32. The molecule has 0 fully saturated rings. The van der Waals surface area contributed by atoms with E-state index in [0.717, 1.165) is 116 Å². The van der Waals surface area contributed by atoms with E-state index in [-0.39, 0.29) is 31.1 Å². The van der Waals surface area contributed by atoms with E-state index in [9.17, 15) is 14.4 Å². The van der Waals surface area contributed by atoms with Gasteiger partial charge in [-0.3, -0.25) is 14.4 Å². The topological polar surface area (TPSA) is 78.9 Å². The summed E-state index contributed by atoms with van der Waals surface area (Å²) in [5.41, 5.74) is 0. The standard InChI is InChI=1S/C69H120O6/c1-4-7-10-13-16-19-22-24-26-28-30-32-34-36-38-40-42-44-47-50-53-56-59-62-68(71)74-65-66(64-73-67(70)61-58-55-52-49-46-21-18-15-12-9-6-3)75-69(72)63-60-57-54-51-48-45-43-41-39-37-35-33-31-29-27-25-23-20-17-14-11-8-5-2/h7,10,15-16,18-19,24,26,30,32,36,38,42,44,66H,4-6,8-9,11-14,17,20-23,25,27-29,31,33-35,37,39-41,43,45-65H2,1-3H3/b10-7-,18-15-,19-16-,26-24-,32-30-,38-36-,44-42-. The average molecular weight is 1050 g/mol. The second kappa shape index (κ2) is 63.1. The van der Waals surface area contributed by atoms with Gasteiger partial charge in [-0.2, -0.15) is 0 Å². The zero-order chi connectivity index (χ0) is 54.3. The second-order valence-corrected chi connectivity index (χ2v) is 21.3. The number of hydrogen-bond donors (Lipinski definition) is 0. The largest absolute Gasteiger partial charge is 0.462 e. The van der Waals surface area contributed by atoms with Crippen LogP contribution in [0.4, 0.5) is 0 Å². The molecule has 0 aromatic rings. The molecule has 0 aromatic carbocycles. The van der Waals surface area contributed by atoms with Gasteiger partial charge in [0.05, 0.1) is 0 Å². The van der Waals surface area contributed by atoms with Crippen LogP contribution in [-0.4, -0.2) is 37.2 Å². The summed E-state index contributed by atoms with van der Waals surface area (Å²) in [6.07, 6.45) is 83.1. The van der Waals surface area contributed by atoms with Gasteiger partial charge in [-0.25, -0.2) is 0 Å². The van der Waals surface area contributed by atoms with Gasteiger partial charge in [0, 0.05) is 19.3 Å². The van der Waals surface area contributed by atoms with Gasteiger partial charge >= 0.3 is 17.9 Å². The lowest BCUT2D eigenvalue weighted by Gasteiger charge is -2.18. The number of hydrogen-bond acceptors (Lipinski definition) is 6. The van der Waals surface area contributed by atoms with Crippen LogP contribution in [0.2, 0.25) is 0 Å². The molecule has 0 aliphatic carbocycles. The van der Waals surface area contributed by atoms with E-state index in [1.165, 1.54) is 161 Å². The zero-order valence-electron chi connectivity index (χ0n) is 49.6. The minimum absolute atomic E-state index is 0.0871. The molecule has 0 aliphatic rings. The third-order valence-corrected chi connectivity index (χ3v) is 13.9. The van der Waals surface area contributed by atoms with Crippen LogP contribution in [-0.2, 0) is 28.6 Å². The van der Waals surface area contributed by atoms with Crippen molar-refractivity contribution in [3.8, 4) is 0 Å². The van der Waals surface area contributed by atoms with Crippen LogP contribution in [0.5, 0.6) is 0 Å². The molecule has 1 unspecified atom stereocenters. The SMILES string of the molecule is CC/C=C\C/C=C\C/C=C\C/C=C\C/C=C\C/C=C\CCCCCCC(=O)OCC(COC(=O)CCCCCCC/C=C\CCCC)OC(=O)CCCCCCCCCCCCCCCCCCCCCCCCC. The predicted octanol–water partition coefficient (Wildman–Crippen LogP) is 21.9. The van der Waals surface area contributed by atoms with E-state index < -0.39 is 6.10 Å². The molecule has 0 rings (SSSR count). The zero-order valence-corrected chi connectivity index (χ0v) is 49.6. The fourth-order valence-electron chi connectivity index (χ4n) is 9.08. The molecule has 432 valence electrons. The normalized spacial score (nSPS) is 12.6. The Bertz CT molecular complexity index is 1430. The lowest BCUT2D eigenvalue weighted by atomic mass is 10.0. The van der Waals surface area contributed by atoms with Crippen molar-refractivity contribution in [2.45, 2.75) is 322 Å². The lowest BCUT2D eigenvalue weighted by Crippen LogP contribution is -2.30. The number of allylic oxidation sites excluding steroid dienone is 14. The minimum Gasteiger partial charge on any atom is -0.462 e. The second-order valence-electron chi connectivity index (χ2n) is 21.3. The fourth-order valence-corrected chi connectivity index (χ4v) is 9.08. The summed E-state index contributed by atoms with van der Waals surface area (Å²) < 4.78 is 16.9. The van der Waals surface area contributed by atoms with E-state index in [1.54, 1.807) is 0 Å². The van der Waals surface area contributed by atoms with Crippen LogP contribution in [0, 0.1) is 0 Å². The Kier molecular flexibility index (Phi) is 60.3. The maximum absolute atomic E-state index is 12.9. The van der Waals surface area contributed by atoms with Crippen molar-refractivity contribution in [1.29, 1.82) is 0 Å². The van der Waals surface area contributed by atoms with Crippen LogP contribution >= 0.6 is 0 Å². The van der Waals surface area contributed by atoms with E-state index >= 15 is 0 Å². The van der Waals surface area contributed by atoms with Gasteiger partial charge in [0.25, 0.3) is 0 Å². The molecular weight excluding hydrogens is 925 g/mol. The highest BCUT2D eigenvalue weighted by Crippen LogP contribution is 2.17. The van der Waals surface area contributed by atoms with E-state index in [2.05, 4.69) is 106 Å². The molecule has 1 atom stereocenters. The van der Waals surface area contributed by atoms with E-state index in [0.29, 0.717) is 19.3 Å². The molecule has 0 saturated heterocycles. The minimum atomic E-state index is -0.790. The first-order chi connectivity index (χ1) is 37.0.